The van der Waals surface area contributed by atoms with Crippen LogP contribution in [-0.2, 0) is 25.2 Å². The smallest absolute Gasteiger partial charge is 0.416 e. The van der Waals surface area contributed by atoms with Crippen molar-refractivity contribution in [3.63, 3.8) is 0 Å². The molecule has 33 heavy (non-hydrogen) atoms. The van der Waals surface area contributed by atoms with Gasteiger partial charge in [-0.15, -0.1) is 0 Å². The second-order valence-electron chi connectivity index (χ2n) is 7.01. The molecule has 0 unspecified atom stereocenters. The highest BCUT2D eigenvalue weighted by Gasteiger charge is 2.39. The summed E-state index contributed by atoms with van der Waals surface area (Å²) in [5.41, 5.74) is -2.19. The minimum atomic E-state index is -4.98. The molecule has 3 rings (SSSR count). The van der Waals surface area contributed by atoms with Gasteiger partial charge in [-0.1, -0.05) is 27.5 Å². The molecular formula is C20H12BrClF5NO5. The minimum Gasteiger partial charge on any atom is -0.447 e. The molecule has 0 radical (unpaired) electrons. The van der Waals surface area contributed by atoms with E-state index in [0.717, 1.165) is 6.20 Å². The van der Waals surface area contributed by atoms with Gasteiger partial charge < -0.3 is 19.5 Å². The quantitative estimate of drug-likeness (QED) is 0.206. The number of rotatable bonds is 4. The lowest BCUT2D eigenvalue weighted by molar-refractivity contribution is -0.222. The first-order chi connectivity index (χ1) is 15.2. The lowest BCUT2D eigenvalue weighted by Gasteiger charge is -2.29. The van der Waals surface area contributed by atoms with Crippen molar-refractivity contribution in [2.45, 2.75) is 25.8 Å². The molecule has 2 aromatic carbocycles. The van der Waals surface area contributed by atoms with Crippen molar-refractivity contribution in [3.8, 4) is 11.5 Å². The predicted molar refractivity (Wildman–Crippen MR) is 109 cm³/mol. The third-order valence-electron chi connectivity index (χ3n) is 4.03. The van der Waals surface area contributed by atoms with Gasteiger partial charge >= 0.3 is 18.1 Å². The second-order valence-corrected chi connectivity index (χ2v) is 8.34. The number of cyclic esters (lactones) is 2. The van der Waals surface area contributed by atoms with E-state index in [9.17, 15) is 31.5 Å². The van der Waals surface area contributed by atoms with E-state index < -0.39 is 58.2 Å². The number of carbonyl (C=O) groups is 2. The SMILES string of the molecule is CC1(C)OC(=O)C(=CNc2cc(Br)cc(Cl)c2Oc2c(F)cc(C(F)(F)F)cc2F)C(=O)O1. The van der Waals surface area contributed by atoms with Crippen molar-refractivity contribution in [2.75, 3.05) is 5.32 Å². The van der Waals surface area contributed by atoms with Gasteiger partial charge in [0.05, 0.1) is 16.3 Å². The van der Waals surface area contributed by atoms with Crippen LogP contribution in [0.3, 0.4) is 0 Å². The fourth-order valence-corrected chi connectivity index (χ4v) is 3.47. The Hall–Kier alpha value is -2.86. The number of halogens is 7. The van der Waals surface area contributed by atoms with Crippen molar-refractivity contribution < 1.29 is 45.8 Å². The molecular weight excluding hydrogens is 545 g/mol. The Kier molecular flexibility index (Phi) is 6.62. The summed E-state index contributed by atoms with van der Waals surface area (Å²) in [6, 6.07) is 2.72. The van der Waals surface area contributed by atoms with Crippen molar-refractivity contribution in [1.29, 1.82) is 0 Å². The van der Waals surface area contributed by atoms with Crippen LogP contribution in [0.5, 0.6) is 11.5 Å². The Morgan fingerprint density at radius 2 is 1.58 bits per heavy atom. The number of benzene rings is 2. The maximum Gasteiger partial charge on any atom is 0.416 e. The second kappa shape index (κ2) is 8.82. The van der Waals surface area contributed by atoms with Crippen LogP contribution >= 0.6 is 27.5 Å². The Bertz CT molecular complexity index is 1140. The molecule has 0 atom stereocenters. The summed E-state index contributed by atoms with van der Waals surface area (Å²) in [5, 5.41) is 2.31. The monoisotopic (exact) mass is 555 g/mol. The van der Waals surface area contributed by atoms with E-state index in [4.69, 9.17) is 25.8 Å². The van der Waals surface area contributed by atoms with Gasteiger partial charge in [0, 0.05) is 24.5 Å². The van der Waals surface area contributed by atoms with Gasteiger partial charge in [-0.25, -0.2) is 18.4 Å². The molecule has 1 N–H and O–H groups in total. The molecule has 1 aliphatic rings. The molecule has 1 heterocycles. The van der Waals surface area contributed by atoms with Crippen LogP contribution in [0.15, 0.2) is 40.5 Å². The van der Waals surface area contributed by atoms with Crippen LogP contribution < -0.4 is 10.1 Å². The zero-order valence-corrected chi connectivity index (χ0v) is 18.9. The predicted octanol–water partition coefficient (Wildman–Crippen LogP) is 6.32. The number of hydrogen-bond acceptors (Lipinski definition) is 6. The number of anilines is 1. The Labute approximate surface area is 196 Å². The molecule has 6 nitrogen and oxygen atoms in total. The molecule has 176 valence electrons. The Balaban J connectivity index is 1.98. The van der Waals surface area contributed by atoms with E-state index >= 15 is 0 Å². The van der Waals surface area contributed by atoms with Gasteiger partial charge in [0.25, 0.3) is 5.79 Å². The molecule has 0 bridgehead atoms. The molecule has 1 saturated heterocycles. The summed E-state index contributed by atoms with van der Waals surface area (Å²) in [6.07, 6.45) is -4.09. The van der Waals surface area contributed by atoms with E-state index in [1.807, 2.05) is 0 Å². The molecule has 0 spiro atoms. The fourth-order valence-electron chi connectivity index (χ4n) is 2.62. The van der Waals surface area contributed by atoms with E-state index in [-0.39, 0.29) is 22.8 Å². The fraction of sp³-hybridized carbons (Fsp3) is 0.200. The maximum absolute atomic E-state index is 14.2. The number of carbonyl (C=O) groups excluding carboxylic acids is 2. The summed E-state index contributed by atoms with van der Waals surface area (Å²) in [5.74, 6) is -8.32. The zero-order chi connectivity index (χ0) is 24.7. The first kappa shape index (κ1) is 24.8. The zero-order valence-electron chi connectivity index (χ0n) is 16.6. The maximum atomic E-state index is 14.2. The first-order valence-electron chi connectivity index (χ1n) is 8.84. The van der Waals surface area contributed by atoms with Crippen LogP contribution in [0.1, 0.15) is 19.4 Å². The molecule has 0 aliphatic carbocycles. The molecule has 2 aromatic rings. The summed E-state index contributed by atoms with van der Waals surface area (Å²) < 4.78 is 82.2. The highest BCUT2D eigenvalue weighted by Crippen LogP contribution is 2.42. The molecule has 13 heteroatoms. The van der Waals surface area contributed by atoms with Gasteiger partial charge in [-0.05, 0) is 24.3 Å². The first-order valence-corrected chi connectivity index (χ1v) is 10.0. The van der Waals surface area contributed by atoms with Crippen molar-refractivity contribution in [3.05, 3.63) is 62.7 Å². The van der Waals surface area contributed by atoms with Crippen LogP contribution in [-0.4, -0.2) is 17.7 Å². The Morgan fingerprint density at radius 3 is 2.09 bits per heavy atom. The summed E-state index contributed by atoms with van der Waals surface area (Å²) in [4.78, 5) is 24.1. The molecule has 1 fully saturated rings. The largest absolute Gasteiger partial charge is 0.447 e. The summed E-state index contributed by atoms with van der Waals surface area (Å²) >= 11 is 9.23. The van der Waals surface area contributed by atoms with Crippen molar-refractivity contribution in [1.82, 2.24) is 0 Å². The van der Waals surface area contributed by atoms with Crippen LogP contribution in [0.2, 0.25) is 5.02 Å². The van der Waals surface area contributed by atoms with Crippen molar-refractivity contribution in [2.24, 2.45) is 0 Å². The lowest BCUT2D eigenvalue weighted by atomic mass is 10.2. The average molecular weight is 557 g/mol. The number of ether oxygens (including phenoxy) is 3. The third-order valence-corrected chi connectivity index (χ3v) is 4.77. The van der Waals surface area contributed by atoms with E-state index in [0.29, 0.717) is 4.47 Å². The van der Waals surface area contributed by atoms with E-state index in [1.165, 1.54) is 26.0 Å². The topological polar surface area (TPSA) is 73.9 Å². The van der Waals surface area contributed by atoms with Crippen LogP contribution in [0.25, 0.3) is 0 Å². The highest BCUT2D eigenvalue weighted by molar-refractivity contribution is 9.10. The van der Waals surface area contributed by atoms with Crippen molar-refractivity contribution >= 4 is 45.2 Å². The number of alkyl halides is 3. The molecule has 0 aromatic heterocycles. The lowest BCUT2D eigenvalue weighted by Crippen LogP contribution is -2.42. The number of esters is 2. The van der Waals surface area contributed by atoms with Gasteiger partial charge in [0.2, 0.25) is 0 Å². The normalized spacial score (nSPS) is 15.6. The minimum absolute atomic E-state index is 0.0655. The van der Waals surface area contributed by atoms with E-state index in [2.05, 4.69) is 21.2 Å². The van der Waals surface area contributed by atoms with E-state index in [1.54, 1.807) is 0 Å². The van der Waals surface area contributed by atoms with Gasteiger partial charge in [-0.3, -0.25) is 0 Å². The summed E-state index contributed by atoms with van der Waals surface area (Å²) in [7, 11) is 0. The van der Waals surface area contributed by atoms with Crippen LogP contribution in [0, 0.1) is 11.6 Å². The Morgan fingerprint density at radius 1 is 1.03 bits per heavy atom. The van der Waals surface area contributed by atoms with Crippen LogP contribution in [0.4, 0.5) is 27.6 Å². The molecule has 1 aliphatic heterocycles. The van der Waals surface area contributed by atoms with Gasteiger partial charge in [-0.2, -0.15) is 13.2 Å². The third kappa shape index (κ3) is 5.56. The van der Waals surface area contributed by atoms with Gasteiger partial charge in [0.1, 0.15) is 0 Å². The van der Waals surface area contributed by atoms with Gasteiger partial charge in [0.15, 0.2) is 28.7 Å². The highest BCUT2D eigenvalue weighted by atomic mass is 79.9. The number of hydrogen-bond donors (Lipinski definition) is 1. The summed E-state index contributed by atoms with van der Waals surface area (Å²) in [6.45, 7) is 2.69. The molecule has 0 saturated carbocycles. The standard InChI is InChI=1S/C20H12BrClF5NO5/c1-19(2)32-17(29)10(18(30)33-19)7-28-14-6-9(21)5-11(22)15(14)31-16-12(23)3-8(4-13(16)24)20(25,26)27/h3-7,28H,1-2H3. The molecule has 0 amide bonds. The average Bonchev–Trinajstić information content (AvgIpc) is 2.63. The number of nitrogens with one attached hydrogen (secondary N) is 1.